The Morgan fingerprint density at radius 1 is 0.964 bits per heavy atom. The maximum absolute atomic E-state index is 13.1. The predicted octanol–water partition coefficient (Wildman–Crippen LogP) is 3.36. The lowest BCUT2D eigenvalue weighted by Crippen LogP contribution is -2.35. The molecule has 0 saturated carbocycles. The lowest BCUT2D eigenvalue weighted by Gasteiger charge is -2.21. The average Bonchev–Trinajstić information content (AvgIpc) is 3.07. The van der Waals surface area contributed by atoms with E-state index in [1.165, 1.54) is 12.1 Å². The SMILES string of the molecule is O=C(c1ccc(F)cc1)N1CCCN(Cc2cnn(-c3ccccc3)c2)CC1. The molecular weight excluding hydrogens is 355 g/mol. The number of hydrogen-bond donors (Lipinski definition) is 0. The van der Waals surface area contributed by atoms with E-state index in [9.17, 15) is 9.18 Å². The lowest BCUT2D eigenvalue weighted by molar-refractivity contribution is 0.0761. The van der Waals surface area contributed by atoms with E-state index >= 15 is 0 Å². The van der Waals surface area contributed by atoms with Gasteiger partial charge in [0, 0.05) is 50.0 Å². The highest BCUT2D eigenvalue weighted by atomic mass is 19.1. The molecule has 0 spiro atoms. The van der Waals surface area contributed by atoms with Crippen LogP contribution < -0.4 is 0 Å². The van der Waals surface area contributed by atoms with Crippen molar-refractivity contribution in [3.05, 3.63) is 83.9 Å². The number of benzene rings is 2. The van der Waals surface area contributed by atoms with Gasteiger partial charge in [-0.1, -0.05) is 18.2 Å². The van der Waals surface area contributed by atoms with E-state index in [1.54, 1.807) is 12.1 Å². The van der Waals surface area contributed by atoms with Crippen LogP contribution >= 0.6 is 0 Å². The molecule has 1 amide bonds. The van der Waals surface area contributed by atoms with Crippen molar-refractivity contribution in [1.82, 2.24) is 19.6 Å². The van der Waals surface area contributed by atoms with Crippen LogP contribution in [0.3, 0.4) is 0 Å². The number of hydrogen-bond acceptors (Lipinski definition) is 3. The maximum atomic E-state index is 13.1. The summed E-state index contributed by atoms with van der Waals surface area (Å²) in [6.45, 7) is 3.94. The number of carbonyl (C=O) groups excluding carboxylic acids is 1. The maximum Gasteiger partial charge on any atom is 0.253 e. The fraction of sp³-hybridized carbons (Fsp3) is 0.273. The second-order valence-corrected chi connectivity index (χ2v) is 7.06. The molecule has 4 rings (SSSR count). The first-order valence-electron chi connectivity index (χ1n) is 9.55. The average molecular weight is 378 g/mol. The number of rotatable bonds is 4. The molecule has 3 aromatic rings. The van der Waals surface area contributed by atoms with Crippen LogP contribution in [0.5, 0.6) is 0 Å². The Labute approximate surface area is 164 Å². The van der Waals surface area contributed by atoms with E-state index in [2.05, 4.69) is 16.2 Å². The lowest BCUT2D eigenvalue weighted by atomic mass is 10.2. The first-order chi connectivity index (χ1) is 13.7. The number of nitrogens with zero attached hydrogens (tertiary/aromatic N) is 4. The molecule has 2 heterocycles. The molecule has 0 atom stereocenters. The monoisotopic (exact) mass is 378 g/mol. The molecule has 0 unspecified atom stereocenters. The predicted molar refractivity (Wildman–Crippen MR) is 106 cm³/mol. The van der Waals surface area contributed by atoms with Crippen molar-refractivity contribution >= 4 is 5.91 Å². The molecule has 2 aromatic carbocycles. The van der Waals surface area contributed by atoms with Gasteiger partial charge in [-0.05, 0) is 42.8 Å². The molecule has 1 aliphatic rings. The molecule has 0 N–H and O–H groups in total. The Hall–Kier alpha value is -2.99. The van der Waals surface area contributed by atoms with Crippen LogP contribution in [0.2, 0.25) is 0 Å². The summed E-state index contributed by atoms with van der Waals surface area (Å²) in [6, 6.07) is 15.8. The Morgan fingerprint density at radius 2 is 1.75 bits per heavy atom. The number of halogens is 1. The summed E-state index contributed by atoms with van der Waals surface area (Å²) in [5, 5.41) is 4.46. The molecule has 1 saturated heterocycles. The zero-order valence-electron chi connectivity index (χ0n) is 15.7. The number of aromatic nitrogens is 2. The van der Waals surface area contributed by atoms with Crippen LogP contribution in [0, 0.1) is 5.82 Å². The molecule has 6 heteroatoms. The van der Waals surface area contributed by atoms with E-state index in [0.717, 1.165) is 43.9 Å². The largest absolute Gasteiger partial charge is 0.337 e. The molecule has 144 valence electrons. The van der Waals surface area contributed by atoms with Crippen molar-refractivity contribution < 1.29 is 9.18 Å². The Bertz CT molecular complexity index is 923. The van der Waals surface area contributed by atoms with E-state index in [4.69, 9.17) is 0 Å². The van der Waals surface area contributed by atoms with Crippen molar-refractivity contribution in [3.8, 4) is 5.69 Å². The van der Waals surface area contributed by atoms with Crippen LogP contribution in [-0.2, 0) is 6.54 Å². The molecule has 0 radical (unpaired) electrons. The first kappa shape index (κ1) is 18.4. The molecule has 0 aliphatic carbocycles. The van der Waals surface area contributed by atoms with Gasteiger partial charge in [0.15, 0.2) is 0 Å². The third-order valence-corrected chi connectivity index (χ3v) is 5.03. The van der Waals surface area contributed by atoms with E-state index in [0.29, 0.717) is 12.1 Å². The molecule has 1 fully saturated rings. The molecule has 1 aromatic heterocycles. The van der Waals surface area contributed by atoms with E-state index < -0.39 is 0 Å². The Balaban J connectivity index is 1.36. The molecule has 5 nitrogen and oxygen atoms in total. The molecule has 28 heavy (non-hydrogen) atoms. The van der Waals surface area contributed by atoms with Crippen molar-refractivity contribution in [2.75, 3.05) is 26.2 Å². The topological polar surface area (TPSA) is 41.4 Å². The van der Waals surface area contributed by atoms with Crippen LogP contribution in [0.4, 0.5) is 4.39 Å². The minimum absolute atomic E-state index is 0.0289. The quantitative estimate of drug-likeness (QED) is 0.699. The smallest absolute Gasteiger partial charge is 0.253 e. The fourth-order valence-electron chi connectivity index (χ4n) is 3.53. The van der Waals surface area contributed by atoms with Gasteiger partial charge in [-0.15, -0.1) is 0 Å². The summed E-state index contributed by atoms with van der Waals surface area (Å²) in [7, 11) is 0. The zero-order valence-corrected chi connectivity index (χ0v) is 15.7. The summed E-state index contributed by atoms with van der Waals surface area (Å²) in [5.74, 6) is -0.353. The van der Waals surface area contributed by atoms with Gasteiger partial charge in [0.05, 0.1) is 11.9 Å². The van der Waals surface area contributed by atoms with Crippen LogP contribution in [0.25, 0.3) is 5.69 Å². The summed E-state index contributed by atoms with van der Waals surface area (Å²) in [4.78, 5) is 16.9. The van der Waals surface area contributed by atoms with Gasteiger partial charge < -0.3 is 4.90 Å². The second kappa shape index (κ2) is 8.35. The zero-order chi connectivity index (χ0) is 19.3. The fourth-order valence-corrected chi connectivity index (χ4v) is 3.53. The summed E-state index contributed by atoms with van der Waals surface area (Å²) < 4.78 is 15.0. The van der Waals surface area contributed by atoms with Crippen molar-refractivity contribution in [1.29, 1.82) is 0 Å². The first-order valence-corrected chi connectivity index (χ1v) is 9.55. The van der Waals surface area contributed by atoms with Gasteiger partial charge in [-0.2, -0.15) is 5.10 Å². The normalized spacial score (nSPS) is 15.4. The Morgan fingerprint density at radius 3 is 2.54 bits per heavy atom. The Kier molecular flexibility index (Phi) is 5.48. The number of para-hydroxylation sites is 1. The van der Waals surface area contributed by atoms with E-state index in [1.807, 2.05) is 46.1 Å². The van der Waals surface area contributed by atoms with Gasteiger partial charge in [-0.25, -0.2) is 9.07 Å². The molecule has 1 aliphatic heterocycles. The van der Waals surface area contributed by atoms with Crippen LogP contribution in [0.1, 0.15) is 22.3 Å². The van der Waals surface area contributed by atoms with Crippen LogP contribution in [-0.4, -0.2) is 51.7 Å². The minimum atomic E-state index is -0.324. The number of amides is 1. The van der Waals surface area contributed by atoms with Crippen molar-refractivity contribution in [2.45, 2.75) is 13.0 Å². The van der Waals surface area contributed by atoms with E-state index in [-0.39, 0.29) is 11.7 Å². The van der Waals surface area contributed by atoms with Gasteiger partial charge in [-0.3, -0.25) is 9.69 Å². The van der Waals surface area contributed by atoms with Gasteiger partial charge >= 0.3 is 0 Å². The summed E-state index contributed by atoms with van der Waals surface area (Å²) in [6.07, 6.45) is 4.88. The van der Waals surface area contributed by atoms with Gasteiger partial charge in [0.1, 0.15) is 5.82 Å². The second-order valence-electron chi connectivity index (χ2n) is 7.06. The third kappa shape index (κ3) is 4.28. The van der Waals surface area contributed by atoms with Crippen molar-refractivity contribution in [3.63, 3.8) is 0 Å². The van der Waals surface area contributed by atoms with Crippen molar-refractivity contribution in [2.24, 2.45) is 0 Å². The molecular formula is C22H23FN4O. The standard InChI is InChI=1S/C22H23FN4O/c23-20-9-7-19(8-10-20)22(28)26-12-4-11-25(13-14-26)16-18-15-24-27(17-18)21-5-2-1-3-6-21/h1-3,5-10,15,17H,4,11-14,16H2. The highest BCUT2D eigenvalue weighted by molar-refractivity contribution is 5.94. The van der Waals surface area contributed by atoms with Crippen LogP contribution in [0.15, 0.2) is 67.0 Å². The number of carbonyl (C=O) groups is 1. The van der Waals surface area contributed by atoms with Gasteiger partial charge in [0.25, 0.3) is 5.91 Å². The summed E-state index contributed by atoms with van der Waals surface area (Å²) in [5.41, 5.74) is 2.74. The highest BCUT2D eigenvalue weighted by Crippen LogP contribution is 2.14. The summed E-state index contributed by atoms with van der Waals surface area (Å²) >= 11 is 0. The highest BCUT2D eigenvalue weighted by Gasteiger charge is 2.20. The minimum Gasteiger partial charge on any atom is -0.337 e. The molecule has 0 bridgehead atoms. The van der Waals surface area contributed by atoms with Gasteiger partial charge in [0.2, 0.25) is 0 Å². The third-order valence-electron chi connectivity index (χ3n) is 5.03.